The highest BCUT2D eigenvalue weighted by atomic mass is 32.2. The van der Waals surface area contributed by atoms with E-state index in [-0.39, 0.29) is 34.6 Å². The van der Waals surface area contributed by atoms with Crippen LogP contribution in [0.2, 0.25) is 0 Å². The first-order chi connectivity index (χ1) is 10.2. The molecule has 0 radical (unpaired) electrons. The molecule has 7 nitrogen and oxygen atoms in total. The average Bonchev–Trinajstić information content (AvgIpc) is 2.78. The molecule has 0 bridgehead atoms. The molecule has 0 unspecified atom stereocenters. The second-order valence-electron chi connectivity index (χ2n) is 5.25. The summed E-state index contributed by atoms with van der Waals surface area (Å²) in [6.07, 6.45) is 0.658. The van der Waals surface area contributed by atoms with Crippen LogP contribution in [0.4, 0.5) is 5.69 Å². The van der Waals surface area contributed by atoms with Crippen molar-refractivity contribution in [2.45, 2.75) is 17.7 Å². The highest BCUT2D eigenvalue weighted by Crippen LogP contribution is 2.22. The fourth-order valence-electron chi connectivity index (χ4n) is 2.34. The van der Waals surface area contributed by atoms with Crippen molar-refractivity contribution >= 4 is 31.5 Å². The number of amides is 1. The molecule has 0 aromatic heterocycles. The molecule has 1 heterocycles. The monoisotopic (exact) mass is 346 g/mol. The Morgan fingerprint density at radius 3 is 2.41 bits per heavy atom. The van der Waals surface area contributed by atoms with E-state index in [2.05, 4.69) is 10.0 Å². The molecule has 0 saturated carbocycles. The number of benzene rings is 1. The maximum atomic E-state index is 11.9. The van der Waals surface area contributed by atoms with Gasteiger partial charge < -0.3 is 5.32 Å². The van der Waals surface area contributed by atoms with E-state index in [1.54, 1.807) is 0 Å². The zero-order valence-electron chi connectivity index (χ0n) is 12.1. The van der Waals surface area contributed by atoms with Crippen molar-refractivity contribution < 1.29 is 21.6 Å². The Balaban J connectivity index is 1.95. The summed E-state index contributed by atoms with van der Waals surface area (Å²) in [5, 5.41) is 2.64. The summed E-state index contributed by atoms with van der Waals surface area (Å²) in [6.45, 7) is 0. The lowest BCUT2D eigenvalue weighted by Gasteiger charge is -2.09. The number of carbonyl (C=O) groups excluding carboxylic acids is 1. The summed E-state index contributed by atoms with van der Waals surface area (Å²) in [5.41, 5.74) is 0.473. The minimum absolute atomic E-state index is 0.0553. The molecular formula is C13H18N2O5S2. The van der Waals surface area contributed by atoms with Gasteiger partial charge in [-0.15, -0.1) is 0 Å². The number of hydrogen-bond acceptors (Lipinski definition) is 5. The molecule has 122 valence electrons. The first kappa shape index (κ1) is 16.9. The van der Waals surface area contributed by atoms with Crippen LogP contribution in [0.5, 0.6) is 0 Å². The highest BCUT2D eigenvalue weighted by molar-refractivity contribution is 7.91. The lowest BCUT2D eigenvalue weighted by molar-refractivity contribution is -0.116. The molecule has 9 heteroatoms. The van der Waals surface area contributed by atoms with Crippen molar-refractivity contribution in [1.29, 1.82) is 0 Å². The van der Waals surface area contributed by atoms with Crippen LogP contribution >= 0.6 is 0 Å². The maximum absolute atomic E-state index is 11.9. The van der Waals surface area contributed by atoms with E-state index < -0.39 is 19.9 Å². The fraction of sp³-hybridized carbons (Fsp3) is 0.462. The number of nitrogens with one attached hydrogen (secondary N) is 2. The Kier molecular flexibility index (Phi) is 4.88. The molecule has 1 saturated heterocycles. The second-order valence-corrected chi connectivity index (χ2v) is 9.37. The topological polar surface area (TPSA) is 109 Å². The van der Waals surface area contributed by atoms with Gasteiger partial charge in [-0.25, -0.2) is 21.6 Å². The molecule has 1 aromatic carbocycles. The van der Waals surface area contributed by atoms with Crippen molar-refractivity contribution in [3.05, 3.63) is 24.3 Å². The molecule has 1 atom stereocenters. The highest BCUT2D eigenvalue weighted by Gasteiger charge is 2.29. The number of rotatable bonds is 5. The molecule has 2 N–H and O–H groups in total. The Hall–Kier alpha value is -1.45. The summed E-state index contributed by atoms with van der Waals surface area (Å²) in [4.78, 5) is 12.0. The smallest absolute Gasteiger partial charge is 0.240 e. The van der Waals surface area contributed by atoms with E-state index >= 15 is 0 Å². The van der Waals surface area contributed by atoms with Crippen molar-refractivity contribution in [1.82, 2.24) is 4.72 Å². The van der Waals surface area contributed by atoms with Gasteiger partial charge in [0.25, 0.3) is 0 Å². The Morgan fingerprint density at radius 1 is 1.27 bits per heavy atom. The van der Waals surface area contributed by atoms with Gasteiger partial charge in [0.15, 0.2) is 9.84 Å². The molecule has 2 rings (SSSR count). The van der Waals surface area contributed by atoms with E-state index in [1.807, 2.05) is 0 Å². The number of sulfonamides is 1. The van der Waals surface area contributed by atoms with Crippen LogP contribution in [0, 0.1) is 5.92 Å². The average molecular weight is 346 g/mol. The van der Waals surface area contributed by atoms with Gasteiger partial charge in [-0.1, -0.05) is 0 Å². The first-order valence-electron chi connectivity index (χ1n) is 6.76. The molecule has 1 fully saturated rings. The summed E-state index contributed by atoms with van der Waals surface area (Å²) < 4.78 is 48.0. The Bertz CT molecular complexity index is 754. The zero-order valence-corrected chi connectivity index (χ0v) is 13.7. The van der Waals surface area contributed by atoms with E-state index in [4.69, 9.17) is 0 Å². The van der Waals surface area contributed by atoms with Crippen LogP contribution < -0.4 is 10.0 Å². The van der Waals surface area contributed by atoms with Crippen molar-refractivity contribution in [3.8, 4) is 0 Å². The third kappa shape index (κ3) is 4.28. The minimum Gasteiger partial charge on any atom is -0.326 e. The third-order valence-electron chi connectivity index (χ3n) is 3.52. The van der Waals surface area contributed by atoms with Gasteiger partial charge in [-0.3, -0.25) is 4.79 Å². The van der Waals surface area contributed by atoms with Gasteiger partial charge in [0, 0.05) is 12.1 Å². The fourth-order valence-corrected chi connectivity index (χ4v) is 4.93. The summed E-state index contributed by atoms with van der Waals surface area (Å²) in [5.74, 6) is -0.221. The van der Waals surface area contributed by atoms with Crippen LogP contribution in [0.15, 0.2) is 29.2 Å². The summed E-state index contributed by atoms with van der Waals surface area (Å²) >= 11 is 0. The number of anilines is 1. The molecule has 0 spiro atoms. The third-order valence-corrected chi connectivity index (χ3v) is 6.79. The lowest BCUT2D eigenvalue weighted by Crippen LogP contribution is -2.19. The normalized spacial score (nSPS) is 20.7. The molecule has 1 aliphatic heterocycles. The van der Waals surface area contributed by atoms with Crippen LogP contribution in [0.3, 0.4) is 0 Å². The van der Waals surface area contributed by atoms with Gasteiger partial charge in [0.2, 0.25) is 15.9 Å². The molecule has 1 amide bonds. The predicted octanol–water partition coefficient (Wildman–Crippen LogP) is 0.358. The maximum Gasteiger partial charge on any atom is 0.240 e. The Morgan fingerprint density at radius 2 is 1.91 bits per heavy atom. The van der Waals surface area contributed by atoms with Crippen molar-refractivity contribution in [3.63, 3.8) is 0 Å². The number of carbonyl (C=O) groups is 1. The standard InChI is InChI=1S/C13H18N2O5S2/c1-14-22(19,20)12-4-2-11(3-5-12)15-13(16)8-10-6-7-21(17,18)9-10/h2-5,10,14H,6-9H2,1H3,(H,15,16)/t10-/m1/s1. The van der Waals surface area contributed by atoms with E-state index in [0.717, 1.165) is 0 Å². The van der Waals surface area contributed by atoms with Crippen molar-refractivity contribution in [2.75, 3.05) is 23.9 Å². The van der Waals surface area contributed by atoms with Crippen LogP contribution in [-0.2, 0) is 24.7 Å². The minimum atomic E-state index is -3.50. The van der Waals surface area contributed by atoms with Gasteiger partial charge in [-0.2, -0.15) is 0 Å². The van der Waals surface area contributed by atoms with Crippen LogP contribution in [0.25, 0.3) is 0 Å². The van der Waals surface area contributed by atoms with Crippen LogP contribution in [0.1, 0.15) is 12.8 Å². The van der Waals surface area contributed by atoms with Gasteiger partial charge in [-0.05, 0) is 43.7 Å². The largest absolute Gasteiger partial charge is 0.326 e. The van der Waals surface area contributed by atoms with Crippen molar-refractivity contribution in [2.24, 2.45) is 5.92 Å². The molecule has 1 aliphatic rings. The van der Waals surface area contributed by atoms with E-state index in [9.17, 15) is 21.6 Å². The molecule has 0 aliphatic carbocycles. The van der Waals surface area contributed by atoms with Gasteiger partial charge >= 0.3 is 0 Å². The first-order valence-corrected chi connectivity index (χ1v) is 10.1. The van der Waals surface area contributed by atoms with Gasteiger partial charge in [0.1, 0.15) is 0 Å². The number of hydrogen-bond donors (Lipinski definition) is 2. The molecule has 22 heavy (non-hydrogen) atoms. The van der Waals surface area contributed by atoms with Gasteiger partial charge in [0.05, 0.1) is 16.4 Å². The second kappa shape index (κ2) is 6.35. The quantitative estimate of drug-likeness (QED) is 0.800. The Labute approximate surface area is 130 Å². The van der Waals surface area contributed by atoms with Crippen LogP contribution in [-0.4, -0.2) is 41.3 Å². The molecular weight excluding hydrogens is 328 g/mol. The zero-order chi connectivity index (χ0) is 16.4. The summed E-state index contributed by atoms with van der Waals surface area (Å²) in [6, 6.07) is 5.77. The SMILES string of the molecule is CNS(=O)(=O)c1ccc(NC(=O)C[C@H]2CCS(=O)(=O)C2)cc1. The predicted molar refractivity (Wildman–Crippen MR) is 82.7 cm³/mol. The molecule has 1 aromatic rings. The number of sulfone groups is 1. The van der Waals surface area contributed by atoms with E-state index in [1.165, 1.54) is 31.3 Å². The summed E-state index contributed by atoms with van der Waals surface area (Å²) in [7, 11) is -5.18. The van der Waals surface area contributed by atoms with E-state index in [0.29, 0.717) is 12.1 Å². The lowest BCUT2D eigenvalue weighted by atomic mass is 10.1.